The van der Waals surface area contributed by atoms with E-state index in [0.717, 1.165) is 62.0 Å². The lowest BCUT2D eigenvalue weighted by Gasteiger charge is -2.46. The maximum atomic E-state index is 14.9. The van der Waals surface area contributed by atoms with Crippen molar-refractivity contribution in [2.45, 2.75) is 103 Å². The second kappa shape index (κ2) is 19.0. The lowest BCUT2D eigenvalue weighted by molar-refractivity contribution is -0.144. The molecule has 3 aliphatic heterocycles. The maximum absolute atomic E-state index is 14.9. The smallest absolute Gasteiger partial charge is 0.455 e. The van der Waals surface area contributed by atoms with Crippen LogP contribution in [0.4, 0.5) is 0 Å². The highest BCUT2D eigenvalue weighted by molar-refractivity contribution is 6.99. The van der Waals surface area contributed by atoms with E-state index in [1.54, 1.807) is 11.0 Å². The average molecular weight is 851 g/mol. The van der Waals surface area contributed by atoms with Crippen LogP contribution in [0.3, 0.4) is 0 Å². The number of carbonyl (C=O) groups excluding carboxylic acids is 2. The Hall–Kier alpha value is -4.58. The molecule has 3 saturated heterocycles. The van der Waals surface area contributed by atoms with Crippen LogP contribution in [0.1, 0.15) is 83.8 Å². The van der Waals surface area contributed by atoms with Crippen LogP contribution < -0.4 is 10.4 Å². The number of allylic oxidation sites excluding steroid dienone is 1. The maximum Gasteiger partial charge on any atom is 0.455 e. The van der Waals surface area contributed by atoms with Gasteiger partial charge in [0.15, 0.2) is 0 Å². The lowest BCUT2D eigenvalue weighted by atomic mass is 9.58. The van der Waals surface area contributed by atoms with Gasteiger partial charge in [0, 0.05) is 31.2 Å². The molecule has 4 aliphatic rings. The monoisotopic (exact) mass is 850 g/mol. The third kappa shape index (κ3) is 8.95. The van der Waals surface area contributed by atoms with Gasteiger partial charge >= 0.3 is 7.12 Å². The first kappa shape index (κ1) is 44.0. The molecule has 0 unspecified atom stereocenters. The van der Waals surface area contributed by atoms with Gasteiger partial charge in [-0.3, -0.25) is 19.4 Å². The molecule has 3 fully saturated rings. The Bertz CT molecular complexity index is 2200. The summed E-state index contributed by atoms with van der Waals surface area (Å²) < 4.78 is 14.1. The molecule has 324 valence electrons. The van der Waals surface area contributed by atoms with E-state index >= 15 is 0 Å². The van der Waals surface area contributed by atoms with E-state index in [2.05, 4.69) is 111 Å². The summed E-state index contributed by atoms with van der Waals surface area (Å²) in [5.41, 5.74) is 5.29. The van der Waals surface area contributed by atoms with Crippen molar-refractivity contribution in [3.8, 4) is 5.75 Å². The van der Waals surface area contributed by atoms with E-state index in [1.807, 2.05) is 36.4 Å². The number of likely N-dealkylation sites (tertiary alicyclic amines) is 2. The molecule has 0 bridgehead atoms. The molecule has 10 heteroatoms. The fourth-order valence-electron chi connectivity index (χ4n) is 11.2. The number of benzene rings is 4. The molecule has 4 aromatic rings. The standard InChI is InChI=1S/C52H63BN2O6Si/c1-5-17-37(32-39-20-15-16-25-46(39)56)26-27-47-48-40(36-60-62(52(2,3)4,42-21-11-7-12-22-42)43-23-13-8-14-24-43)33-44-49(45(48)34-53(59)61-47)51(58)55(50(44)57)41-28-30-54(31-29-41)35-38-18-9-6-10-19-38/h6-16,18-25,32,41,44-45,47,49,56,59H,5,17,26-31,33-36H2,1-4H3/b37-32+/t44-,45+,47-,49-/m1/s1. The molecule has 3 heterocycles. The highest BCUT2D eigenvalue weighted by Gasteiger charge is 2.59. The first-order chi connectivity index (χ1) is 30.0. The second-order valence-electron chi connectivity index (χ2n) is 19.0. The third-order valence-electron chi connectivity index (χ3n) is 14.0. The van der Waals surface area contributed by atoms with Gasteiger partial charge in [0.2, 0.25) is 11.8 Å². The summed E-state index contributed by atoms with van der Waals surface area (Å²) in [5.74, 6) is -1.34. The van der Waals surface area contributed by atoms with Gasteiger partial charge in [0.25, 0.3) is 8.32 Å². The number of amides is 2. The zero-order chi connectivity index (χ0) is 43.4. The summed E-state index contributed by atoms with van der Waals surface area (Å²) in [6.45, 7) is 11.8. The van der Waals surface area contributed by atoms with Crippen molar-refractivity contribution in [2.75, 3.05) is 19.7 Å². The minimum Gasteiger partial charge on any atom is -0.507 e. The molecule has 2 amide bonds. The molecule has 0 spiro atoms. The van der Waals surface area contributed by atoms with Gasteiger partial charge < -0.3 is 19.2 Å². The van der Waals surface area contributed by atoms with E-state index in [-0.39, 0.29) is 40.9 Å². The SMILES string of the molecule is CCC/C(=C\c1ccccc1O)CC[C@H]1OB(O)C[C@H]2C1=C(CO[Si](c1ccccc1)(c1ccccc1)C(C)(C)C)C[C@H]1C(=O)N(C3CCN(Cc4ccccc4)CC3)C(=O)[C@H]12. The number of fused-ring (bicyclic) bond motifs is 3. The number of carbonyl (C=O) groups is 2. The number of hydrogen-bond acceptors (Lipinski definition) is 7. The molecule has 4 aromatic carbocycles. The highest BCUT2D eigenvalue weighted by atomic mass is 28.4. The van der Waals surface area contributed by atoms with E-state index in [1.165, 1.54) is 21.5 Å². The molecule has 0 saturated carbocycles. The Kier molecular flexibility index (Phi) is 13.5. The molecule has 1 aliphatic carbocycles. The Morgan fingerprint density at radius 2 is 1.45 bits per heavy atom. The van der Waals surface area contributed by atoms with Crippen molar-refractivity contribution in [2.24, 2.45) is 17.8 Å². The molecular formula is C52H63BN2O6Si. The van der Waals surface area contributed by atoms with Gasteiger partial charge in [-0.25, -0.2) is 0 Å². The minimum absolute atomic E-state index is 0.0723. The predicted octanol–water partition coefficient (Wildman–Crippen LogP) is 8.39. The molecule has 4 atom stereocenters. The van der Waals surface area contributed by atoms with Crippen molar-refractivity contribution < 1.29 is 28.8 Å². The van der Waals surface area contributed by atoms with Gasteiger partial charge in [-0.1, -0.05) is 155 Å². The van der Waals surface area contributed by atoms with E-state index < -0.39 is 33.4 Å². The number of phenols is 1. The van der Waals surface area contributed by atoms with Crippen LogP contribution in [0, 0.1) is 17.8 Å². The summed E-state index contributed by atoms with van der Waals surface area (Å²) in [6, 6.07) is 38.9. The molecule has 8 nitrogen and oxygen atoms in total. The number of piperidine rings is 1. The van der Waals surface area contributed by atoms with Crippen molar-refractivity contribution in [3.05, 3.63) is 143 Å². The van der Waals surface area contributed by atoms with Crippen LogP contribution in [-0.2, 0) is 25.2 Å². The first-order valence-corrected chi connectivity index (χ1v) is 24.8. The van der Waals surface area contributed by atoms with E-state index in [0.29, 0.717) is 25.9 Å². The zero-order valence-electron chi connectivity index (χ0n) is 36.9. The van der Waals surface area contributed by atoms with Gasteiger partial charge in [0.1, 0.15) is 5.75 Å². The van der Waals surface area contributed by atoms with E-state index in [4.69, 9.17) is 9.08 Å². The van der Waals surface area contributed by atoms with Crippen LogP contribution in [0.25, 0.3) is 6.08 Å². The molecule has 8 rings (SSSR count). The number of imide groups is 1. The number of para-hydroxylation sites is 1. The van der Waals surface area contributed by atoms with E-state index in [9.17, 15) is 19.7 Å². The van der Waals surface area contributed by atoms with Gasteiger partial charge in [-0.15, -0.1) is 0 Å². The zero-order valence-corrected chi connectivity index (χ0v) is 37.9. The summed E-state index contributed by atoms with van der Waals surface area (Å²) in [7, 11) is -4.05. The average Bonchev–Trinajstić information content (AvgIpc) is 3.52. The Balaban J connectivity index is 1.14. The van der Waals surface area contributed by atoms with Gasteiger partial charge in [-0.05, 0) is 89.0 Å². The van der Waals surface area contributed by atoms with Crippen LogP contribution in [-0.4, -0.2) is 79.0 Å². The number of hydrogen-bond donors (Lipinski definition) is 2. The van der Waals surface area contributed by atoms with Crippen molar-refractivity contribution in [1.29, 1.82) is 0 Å². The van der Waals surface area contributed by atoms with Crippen LogP contribution in [0.2, 0.25) is 11.4 Å². The largest absolute Gasteiger partial charge is 0.507 e. The summed E-state index contributed by atoms with van der Waals surface area (Å²) >= 11 is 0. The normalized spacial score (nSPS) is 22.9. The second-order valence-corrected chi connectivity index (χ2v) is 23.3. The Labute approximate surface area is 369 Å². The Morgan fingerprint density at radius 3 is 2.06 bits per heavy atom. The quantitative estimate of drug-likeness (QED) is 0.0748. The summed E-state index contributed by atoms with van der Waals surface area (Å²) in [4.78, 5) is 33.8. The molecule has 0 radical (unpaired) electrons. The summed E-state index contributed by atoms with van der Waals surface area (Å²) in [5, 5.41) is 24.3. The fourth-order valence-corrected chi connectivity index (χ4v) is 15.7. The minimum atomic E-state index is -2.98. The summed E-state index contributed by atoms with van der Waals surface area (Å²) in [6.07, 6.45) is 6.86. The van der Waals surface area contributed by atoms with Gasteiger partial charge in [0.05, 0.1) is 24.5 Å². The van der Waals surface area contributed by atoms with Crippen LogP contribution in [0.5, 0.6) is 5.75 Å². The predicted molar refractivity (Wildman–Crippen MR) is 250 cm³/mol. The highest BCUT2D eigenvalue weighted by Crippen LogP contribution is 2.52. The van der Waals surface area contributed by atoms with Crippen molar-refractivity contribution in [3.63, 3.8) is 0 Å². The first-order valence-electron chi connectivity index (χ1n) is 22.9. The van der Waals surface area contributed by atoms with Gasteiger partial charge in [-0.2, -0.15) is 0 Å². The number of rotatable bonds is 14. The Morgan fingerprint density at radius 1 is 0.839 bits per heavy atom. The molecule has 62 heavy (non-hydrogen) atoms. The van der Waals surface area contributed by atoms with Crippen LogP contribution in [0.15, 0.2) is 132 Å². The van der Waals surface area contributed by atoms with Crippen LogP contribution >= 0.6 is 0 Å². The molecule has 2 N–H and O–H groups in total. The number of aromatic hydroxyl groups is 1. The molecular weight excluding hydrogens is 787 g/mol. The molecule has 0 aromatic heterocycles. The van der Waals surface area contributed by atoms with Crippen molar-refractivity contribution >= 4 is 43.7 Å². The fraction of sp³-hybridized carbons (Fsp3) is 0.423. The van der Waals surface area contributed by atoms with Crippen molar-refractivity contribution in [1.82, 2.24) is 9.80 Å². The third-order valence-corrected chi connectivity index (χ3v) is 19.0. The lowest BCUT2D eigenvalue weighted by Crippen LogP contribution is -2.66. The number of phenolic OH excluding ortho intramolecular Hbond substituents is 1. The topological polar surface area (TPSA) is 99.5 Å². The number of nitrogens with zero attached hydrogens (tertiary/aromatic N) is 2.